The number of halogens is 2. The van der Waals surface area contributed by atoms with Crippen molar-refractivity contribution in [2.75, 3.05) is 11.9 Å². The predicted molar refractivity (Wildman–Crippen MR) is 104 cm³/mol. The standard InChI is InChI=1S/C22H16F2N2O3/c23-14-9-10-17(24)18(12-14)25-19(27)8-3-11-26-21(28)15-6-1-4-13-5-2-7-16(20(13)15)22(26)29/h1-2,4-7,9-10,12H,3,8,11H2,(H,25,27). The van der Waals surface area contributed by atoms with Crippen LogP contribution in [-0.4, -0.2) is 29.2 Å². The highest BCUT2D eigenvalue weighted by atomic mass is 19.1. The molecule has 146 valence electrons. The zero-order chi connectivity index (χ0) is 20.5. The summed E-state index contributed by atoms with van der Waals surface area (Å²) in [5.41, 5.74) is 0.647. The third kappa shape index (κ3) is 3.47. The second-order valence-electron chi connectivity index (χ2n) is 6.75. The van der Waals surface area contributed by atoms with Crippen molar-refractivity contribution in [2.45, 2.75) is 12.8 Å². The van der Waals surface area contributed by atoms with Gasteiger partial charge in [0.25, 0.3) is 11.8 Å². The monoisotopic (exact) mass is 394 g/mol. The minimum atomic E-state index is -0.745. The van der Waals surface area contributed by atoms with Crippen LogP contribution in [0.1, 0.15) is 33.6 Å². The lowest BCUT2D eigenvalue weighted by atomic mass is 9.94. The van der Waals surface area contributed by atoms with Gasteiger partial charge in [-0.1, -0.05) is 24.3 Å². The van der Waals surface area contributed by atoms with Crippen molar-refractivity contribution in [3.05, 3.63) is 77.4 Å². The normalized spacial score (nSPS) is 13.1. The summed E-state index contributed by atoms with van der Waals surface area (Å²) in [6.45, 7) is 0.0431. The van der Waals surface area contributed by atoms with Gasteiger partial charge >= 0.3 is 0 Å². The zero-order valence-electron chi connectivity index (χ0n) is 15.2. The molecular formula is C22H16F2N2O3. The maximum Gasteiger partial charge on any atom is 0.261 e. The van der Waals surface area contributed by atoms with E-state index in [2.05, 4.69) is 5.32 Å². The molecule has 3 amide bonds. The van der Waals surface area contributed by atoms with Crippen LogP contribution in [0.15, 0.2) is 54.6 Å². The quantitative estimate of drug-likeness (QED) is 0.662. The number of carbonyl (C=O) groups excluding carboxylic acids is 3. The predicted octanol–water partition coefficient (Wildman–Crippen LogP) is 4.13. The first-order chi connectivity index (χ1) is 14.0. The van der Waals surface area contributed by atoms with E-state index in [9.17, 15) is 23.2 Å². The highest BCUT2D eigenvalue weighted by Crippen LogP contribution is 2.30. The van der Waals surface area contributed by atoms with Crippen molar-refractivity contribution in [1.82, 2.24) is 4.90 Å². The number of nitrogens with zero attached hydrogens (tertiary/aromatic N) is 1. The Balaban J connectivity index is 1.44. The Morgan fingerprint density at radius 3 is 2.24 bits per heavy atom. The molecule has 0 radical (unpaired) electrons. The van der Waals surface area contributed by atoms with Crippen LogP contribution in [0.4, 0.5) is 14.5 Å². The first-order valence-corrected chi connectivity index (χ1v) is 9.08. The van der Waals surface area contributed by atoms with E-state index in [0.717, 1.165) is 28.5 Å². The van der Waals surface area contributed by atoms with Gasteiger partial charge in [-0.25, -0.2) is 8.78 Å². The second kappa shape index (κ2) is 7.43. The lowest BCUT2D eigenvalue weighted by Gasteiger charge is -2.27. The number of nitrogens with one attached hydrogen (secondary N) is 1. The molecule has 29 heavy (non-hydrogen) atoms. The van der Waals surface area contributed by atoms with E-state index in [4.69, 9.17) is 0 Å². The van der Waals surface area contributed by atoms with Gasteiger partial charge in [0, 0.05) is 35.5 Å². The minimum absolute atomic E-state index is 0.0431. The molecule has 0 saturated carbocycles. The van der Waals surface area contributed by atoms with Crippen LogP contribution < -0.4 is 5.32 Å². The molecule has 0 unspecified atom stereocenters. The Labute approximate surface area is 164 Å². The SMILES string of the molecule is O=C(CCCN1C(=O)c2cccc3cccc(c23)C1=O)Nc1cc(F)ccc1F. The fourth-order valence-corrected chi connectivity index (χ4v) is 3.49. The third-order valence-electron chi connectivity index (χ3n) is 4.84. The fraction of sp³-hybridized carbons (Fsp3) is 0.136. The summed E-state index contributed by atoms with van der Waals surface area (Å²) in [6, 6.07) is 13.3. The smallest absolute Gasteiger partial charge is 0.261 e. The Hall–Kier alpha value is -3.61. The van der Waals surface area contributed by atoms with Crippen LogP contribution in [0, 0.1) is 11.6 Å². The second-order valence-corrected chi connectivity index (χ2v) is 6.75. The molecule has 1 heterocycles. The molecule has 0 bridgehead atoms. The number of carbonyl (C=O) groups is 3. The lowest BCUT2D eigenvalue weighted by molar-refractivity contribution is -0.116. The summed E-state index contributed by atoms with van der Waals surface area (Å²) in [4.78, 5) is 38.7. The summed E-state index contributed by atoms with van der Waals surface area (Å²) < 4.78 is 26.8. The van der Waals surface area contributed by atoms with Crippen molar-refractivity contribution in [1.29, 1.82) is 0 Å². The van der Waals surface area contributed by atoms with E-state index in [1.54, 1.807) is 24.3 Å². The van der Waals surface area contributed by atoms with Crippen molar-refractivity contribution in [3.63, 3.8) is 0 Å². The number of benzene rings is 3. The number of hydrogen-bond donors (Lipinski definition) is 1. The zero-order valence-corrected chi connectivity index (χ0v) is 15.2. The van der Waals surface area contributed by atoms with Gasteiger partial charge in [0.1, 0.15) is 11.6 Å². The molecule has 1 aliphatic rings. The first-order valence-electron chi connectivity index (χ1n) is 9.08. The Morgan fingerprint density at radius 2 is 1.59 bits per heavy atom. The summed E-state index contributed by atoms with van der Waals surface area (Å²) in [5.74, 6) is -2.76. The van der Waals surface area contributed by atoms with Crippen molar-refractivity contribution in [2.24, 2.45) is 0 Å². The fourth-order valence-electron chi connectivity index (χ4n) is 3.49. The molecule has 0 spiro atoms. The van der Waals surface area contributed by atoms with Crippen molar-refractivity contribution >= 4 is 34.2 Å². The molecular weight excluding hydrogens is 378 g/mol. The van der Waals surface area contributed by atoms with Crippen LogP contribution >= 0.6 is 0 Å². The molecule has 1 aliphatic heterocycles. The molecule has 3 aromatic carbocycles. The largest absolute Gasteiger partial charge is 0.324 e. The third-order valence-corrected chi connectivity index (χ3v) is 4.84. The average molecular weight is 394 g/mol. The maximum atomic E-state index is 13.6. The van der Waals surface area contributed by atoms with Gasteiger partial charge in [-0.3, -0.25) is 19.3 Å². The number of hydrogen-bond acceptors (Lipinski definition) is 3. The van der Waals surface area contributed by atoms with E-state index in [0.29, 0.717) is 16.5 Å². The molecule has 0 saturated heterocycles. The van der Waals surface area contributed by atoms with Gasteiger partial charge < -0.3 is 5.32 Å². The highest BCUT2D eigenvalue weighted by molar-refractivity contribution is 6.25. The summed E-state index contributed by atoms with van der Waals surface area (Å²) >= 11 is 0. The molecule has 7 heteroatoms. The number of anilines is 1. The number of rotatable bonds is 5. The van der Waals surface area contributed by atoms with Gasteiger partial charge in [0.05, 0.1) is 5.69 Å². The summed E-state index contributed by atoms with van der Waals surface area (Å²) in [7, 11) is 0. The van der Waals surface area contributed by atoms with E-state index >= 15 is 0 Å². The van der Waals surface area contributed by atoms with Crippen molar-refractivity contribution in [3.8, 4) is 0 Å². The molecule has 3 aromatic rings. The van der Waals surface area contributed by atoms with E-state index < -0.39 is 29.4 Å². The van der Waals surface area contributed by atoms with Gasteiger partial charge in [0.2, 0.25) is 5.91 Å². The first kappa shape index (κ1) is 18.7. The van der Waals surface area contributed by atoms with E-state index in [1.807, 2.05) is 12.1 Å². The van der Waals surface area contributed by atoms with Gasteiger partial charge in [-0.15, -0.1) is 0 Å². The van der Waals surface area contributed by atoms with Gasteiger partial charge in [-0.05, 0) is 36.1 Å². The molecule has 0 aromatic heterocycles. The molecule has 0 atom stereocenters. The molecule has 0 fully saturated rings. The molecule has 0 aliphatic carbocycles. The van der Waals surface area contributed by atoms with Crippen LogP contribution in [0.3, 0.4) is 0 Å². The molecule has 5 nitrogen and oxygen atoms in total. The Bertz CT molecular complexity index is 1110. The Kier molecular flexibility index (Phi) is 4.80. The average Bonchev–Trinajstić information content (AvgIpc) is 2.71. The number of amides is 3. The van der Waals surface area contributed by atoms with Crippen LogP contribution in [0.2, 0.25) is 0 Å². The van der Waals surface area contributed by atoms with Crippen LogP contribution in [0.5, 0.6) is 0 Å². The molecule has 4 rings (SSSR count). The van der Waals surface area contributed by atoms with Gasteiger partial charge in [0.15, 0.2) is 0 Å². The van der Waals surface area contributed by atoms with Crippen molar-refractivity contribution < 1.29 is 23.2 Å². The highest BCUT2D eigenvalue weighted by Gasteiger charge is 2.32. The lowest BCUT2D eigenvalue weighted by Crippen LogP contribution is -2.41. The molecule has 1 N–H and O–H groups in total. The minimum Gasteiger partial charge on any atom is -0.324 e. The van der Waals surface area contributed by atoms with E-state index in [1.165, 1.54) is 0 Å². The summed E-state index contributed by atoms with van der Waals surface area (Å²) in [5, 5.41) is 3.76. The van der Waals surface area contributed by atoms with Crippen LogP contribution in [-0.2, 0) is 4.79 Å². The topological polar surface area (TPSA) is 66.5 Å². The Morgan fingerprint density at radius 1 is 0.931 bits per heavy atom. The van der Waals surface area contributed by atoms with Crippen LogP contribution in [0.25, 0.3) is 10.8 Å². The maximum absolute atomic E-state index is 13.6. The van der Waals surface area contributed by atoms with Gasteiger partial charge in [-0.2, -0.15) is 0 Å². The summed E-state index contributed by atoms with van der Waals surface area (Å²) in [6.07, 6.45) is 0.136. The van der Waals surface area contributed by atoms with E-state index in [-0.39, 0.29) is 25.1 Å². The number of imide groups is 1.